The van der Waals surface area contributed by atoms with Crippen molar-refractivity contribution in [3.8, 4) is 0 Å². The summed E-state index contributed by atoms with van der Waals surface area (Å²) in [5, 5.41) is 0. The highest BCUT2D eigenvalue weighted by atomic mass is 16.1. The van der Waals surface area contributed by atoms with E-state index < -0.39 is 0 Å². The Kier molecular flexibility index (Phi) is 5.69. The van der Waals surface area contributed by atoms with Crippen molar-refractivity contribution in [2.24, 2.45) is 0 Å². The number of carbonyl (C=O) groups is 1. The Bertz CT molecular complexity index is 81.0. The zero-order valence-corrected chi connectivity index (χ0v) is 6.02. The Hall–Kier alpha value is -0.265. The molecule has 0 heterocycles. The summed E-state index contributed by atoms with van der Waals surface area (Å²) < 4.78 is 0. The SMILES string of the molecule is [B]C(=O)CCCCCC. The largest absolute Gasteiger partial charge is 0.313 e. The van der Waals surface area contributed by atoms with Crippen molar-refractivity contribution in [1.82, 2.24) is 0 Å². The number of hydrogen-bond acceptors (Lipinski definition) is 1. The van der Waals surface area contributed by atoms with Crippen LogP contribution in [0.2, 0.25) is 0 Å². The van der Waals surface area contributed by atoms with E-state index >= 15 is 0 Å². The molecule has 0 rings (SSSR count). The van der Waals surface area contributed by atoms with Crippen molar-refractivity contribution in [2.75, 3.05) is 0 Å². The molecule has 0 aromatic carbocycles. The van der Waals surface area contributed by atoms with Crippen molar-refractivity contribution in [3.63, 3.8) is 0 Å². The molecule has 50 valence electrons. The molecule has 0 aliphatic heterocycles. The third-order valence-electron chi connectivity index (χ3n) is 1.28. The molecule has 0 saturated carbocycles. The Balaban J connectivity index is 2.83. The molecule has 0 bridgehead atoms. The third-order valence-corrected chi connectivity index (χ3v) is 1.28. The standard InChI is InChI=1S/C7H13BO/c1-2-3-4-5-6-7(8)9/h2-6H2,1H3. The fourth-order valence-corrected chi connectivity index (χ4v) is 0.726. The fourth-order valence-electron chi connectivity index (χ4n) is 0.726. The molecule has 0 aliphatic rings. The van der Waals surface area contributed by atoms with E-state index in [2.05, 4.69) is 6.92 Å². The Morgan fingerprint density at radius 3 is 2.44 bits per heavy atom. The molecule has 0 atom stereocenters. The highest BCUT2D eigenvalue weighted by Crippen LogP contribution is 2.01. The topological polar surface area (TPSA) is 17.1 Å². The third kappa shape index (κ3) is 7.73. The lowest BCUT2D eigenvalue weighted by Crippen LogP contribution is -1.94. The molecule has 2 radical (unpaired) electrons. The zero-order valence-electron chi connectivity index (χ0n) is 6.02. The maximum absolute atomic E-state index is 10.2. The summed E-state index contributed by atoms with van der Waals surface area (Å²) in [5.41, 5.74) is -0.175. The van der Waals surface area contributed by atoms with Crippen molar-refractivity contribution in [1.29, 1.82) is 0 Å². The van der Waals surface area contributed by atoms with Gasteiger partial charge in [-0.05, 0) is 12.8 Å². The molecule has 1 nitrogen and oxygen atoms in total. The maximum Gasteiger partial charge on any atom is 0.167 e. The summed E-state index contributed by atoms with van der Waals surface area (Å²) >= 11 is 0. The molecule has 0 aliphatic carbocycles. The molecule has 0 aromatic rings. The summed E-state index contributed by atoms with van der Waals surface area (Å²) in [6.07, 6.45) is 5.08. The summed E-state index contributed by atoms with van der Waals surface area (Å²) in [4.78, 5) is 10.2. The summed E-state index contributed by atoms with van der Waals surface area (Å²) in [6.45, 7) is 2.14. The molecular weight excluding hydrogens is 111 g/mol. The minimum atomic E-state index is -0.175. The van der Waals surface area contributed by atoms with E-state index in [9.17, 15) is 4.79 Å². The van der Waals surface area contributed by atoms with Gasteiger partial charge >= 0.3 is 0 Å². The van der Waals surface area contributed by atoms with Gasteiger partial charge in [0.15, 0.2) is 7.85 Å². The van der Waals surface area contributed by atoms with Crippen molar-refractivity contribution < 1.29 is 4.79 Å². The molecule has 0 fully saturated rings. The van der Waals surface area contributed by atoms with Crippen LogP contribution < -0.4 is 0 Å². The molecule has 0 saturated heterocycles. The van der Waals surface area contributed by atoms with Gasteiger partial charge in [0, 0.05) is 0 Å². The van der Waals surface area contributed by atoms with Crippen LogP contribution in [-0.4, -0.2) is 13.5 Å². The van der Waals surface area contributed by atoms with E-state index in [0.717, 1.165) is 12.8 Å². The van der Waals surface area contributed by atoms with Crippen LogP contribution in [0.5, 0.6) is 0 Å². The fraction of sp³-hybridized carbons (Fsp3) is 0.857. The van der Waals surface area contributed by atoms with Gasteiger partial charge in [0.25, 0.3) is 0 Å². The lowest BCUT2D eigenvalue weighted by atomic mass is 9.97. The first kappa shape index (κ1) is 8.73. The molecule has 0 N–H and O–H groups in total. The number of unbranched alkanes of at least 4 members (excludes halogenated alkanes) is 3. The first-order chi connectivity index (χ1) is 4.27. The molecule has 0 unspecified atom stereocenters. The van der Waals surface area contributed by atoms with Crippen LogP contribution in [0.25, 0.3) is 0 Å². The van der Waals surface area contributed by atoms with Crippen LogP contribution >= 0.6 is 0 Å². The van der Waals surface area contributed by atoms with E-state index in [1.165, 1.54) is 12.8 Å². The van der Waals surface area contributed by atoms with Gasteiger partial charge in [-0.2, -0.15) is 0 Å². The second kappa shape index (κ2) is 5.86. The average molecular weight is 124 g/mol. The van der Waals surface area contributed by atoms with Crippen molar-refractivity contribution in [2.45, 2.75) is 39.0 Å². The minimum absolute atomic E-state index is 0.175. The van der Waals surface area contributed by atoms with E-state index in [1.54, 1.807) is 0 Å². The lowest BCUT2D eigenvalue weighted by molar-refractivity contribution is -0.111. The Morgan fingerprint density at radius 1 is 1.33 bits per heavy atom. The second-order valence-corrected chi connectivity index (χ2v) is 2.28. The van der Waals surface area contributed by atoms with Gasteiger partial charge < -0.3 is 4.79 Å². The van der Waals surface area contributed by atoms with Crippen LogP contribution in [-0.2, 0) is 4.79 Å². The van der Waals surface area contributed by atoms with Gasteiger partial charge in [0.05, 0.1) is 5.68 Å². The van der Waals surface area contributed by atoms with E-state index in [-0.39, 0.29) is 5.68 Å². The monoisotopic (exact) mass is 124 g/mol. The number of hydrogen-bond donors (Lipinski definition) is 0. The summed E-state index contributed by atoms with van der Waals surface area (Å²) in [7, 11) is 4.94. The molecule has 2 heteroatoms. The highest BCUT2D eigenvalue weighted by molar-refractivity contribution is 6.57. The van der Waals surface area contributed by atoms with Crippen molar-refractivity contribution in [3.05, 3.63) is 0 Å². The number of rotatable bonds is 5. The van der Waals surface area contributed by atoms with Crippen LogP contribution in [0, 0.1) is 0 Å². The second-order valence-electron chi connectivity index (χ2n) is 2.28. The molecule has 0 aromatic heterocycles. The van der Waals surface area contributed by atoms with E-state index in [1.807, 2.05) is 0 Å². The van der Waals surface area contributed by atoms with Crippen LogP contribution in [0.15, 0.2) is 0 Å². The van der Waals surface area contributed by atoms with Gasteiger partial charge in [-0.3, -0.25) is 0 Å². The number of carbonyl (C=O) groups excluding carboxylic acids is 1. The molecule has 0 amide bonds. The van der Waals surface area contributed by atoms with Gasteiger partial charge in [-0.1, -0.05) is 26.2 Å². The van der Waals surface area contributed by atoms with Gasteiger partial charge in [-0.15, -0.1) is 0 Å². The van der Waals surface area contributed by atoms with Crippen LogP contribution in [0.1, 0.15) is 39.0 Å². The van der Waals surface area contributed by atoms with Crippen LogP contribution in [0.3, 0.4) is 0 Å². The molecule has 9 heavy (non-hydrogen) atoms. The first-order valence-corrected chi connectivity index (χ1v) is 3.55. The Morgan fingerprint density at radius 2 is 2.00 bits per heavy atom. The van der Waals surface area contributed by atoms with Crippen molar-refractivity contribution >= 4 is 13.5 Å². The first-order valence-electron chi connectivity index (χ1n) is 3.55. The smallest absolute Gasteiger partial charge is 0.167 e. The van der Waals surface area contributed by atoms with Crippen LogP contribution in [0.4, 0.5) is 0 Å². The lowest BCUT2D eigenvalue weighted by Gasteiger charge is -1.94. The van der Waals surface area contributed by atoms with Gasteiger partial charge in [0.1, 0.15) is 0 Å². The summed E-state index contributed by atoms with van der Waals surface area (Å²) in [6, 6.07) is 0. The quantitative estimate of drug-likeness (QED) is 0.402. The molecule has 0 spiro atoms. The normalized spacial score (nSPS) is 9.44. The van der Waals surface area contributed by atoms with Gasteiger partial charge in [0.2, 0.25) is 0 Å². The average Bonchev–Trinajstić information content (AvgIpc) is 1.80. The Labute approximate surface area is 58.2 Å². The highest BCUT2D eigenvalue weighted by Gasteiger charge is 1.90. The maximum atomic E-state index is 10.2. The minimum Gasteiger partial charge on any atom is -0.313 e. The van der Waals surface area contributed by atoms with E-state index in [0.29, 0.717) is 6.42 Å². The predicted molar refractivity (Wildman–Crippen MR) is 39.5 cm³/mol. The zero-order chi connectivity index (χ0) is 7.11. The molecular formula is C7H13BO. The van der Waals surface area contributed by atoms with Gasteiger partial charge in [-0.25, -0.2) is 0 Å². The van der Waals surface area contributed by atoms with E-state index in [4.69, 9.17) is 7.85 Å². The predicted octanol–water partition coefficient (Wildman–Crippen LogP) is 1.65. The summed E-state index contributed by atoms with van der Waals surface area (Å²) in [5.74, 6) is 0.